The van der Waals surface area contributed by atoms with Crippen molar-refractivity contribution in [3.8, 4) is 0 Å². The van der Waals surface area contributed by atoms with Crippen molar-refractivity contribution in [2.45, 2.75) is 44.6 Å². The smallest absolute Gasteiger partial charge is 0.191 e. The van der Waals surface area contributed by atoms with Gasteiger partial charge in [0.2, 0.25) is 0 Å². The highest BCUT2D eigenvalue weighted by Crippen LogP contribution is 2.35. The second kappa shape index (κ2) is 6.93. The van der Waals surface area contributed by atoms with E-state index in [1.807, 2.05) is 0 Å². The molecule has 106 valence electrons. The lowest BCUT2D eigenvalue weighted by atomic mass is 9.80. The van der Waals surface area contributed by atoms with Gasteiger partial charge in [-0.3, -0.25) is 4.99 Å². The Labute approximate surface area is 127 Å². The van der Waals surface area contributed by atoms with Crippen LogP contribution in [0.4, 0.5) is 0 Å². The van der Waals surface area contributed by atoms with Crippen molar-refractivity contribution < 1.29 is 4.74 Å². The SMILES string of the molecule is COC1(CN=C(N)N2CCCC(C)C2)CCC1.I. The molecule has 2 aliphatic rings. The molecular formula is C13H26IN3O. The quantitative estimate of drug-likeness (QED) is 0.473. The lowest BCUT2D eigenvalue weighted by molar-refractivity contribution is -0.0631. The summed E-state index contributed by atoms with van der Waals surface area (Å²) in [5.41, 5.74) is 6.06. The van der Waals surface area contributed by atoms with E-state index in [1.165, 1.54) is 19.3 Å². The maximum absolute atomic E-state index is 6.07. The fourth-order valence-corrected chi connectivity index (χ4v) is 2.72. The van der Waals surface area contributed by atoms with Gasteiger partial charge >= 0.3 is 0 Å². The third kappa shape index (κ3) is 3.73. The number of halogens is 1. The number of rotatable bonds is 3. The van der Waals surface area contributed by atoms with Crippen LogP contribution in [0.5, 0.6) is 0 Å². The number of piperidine rings is 1. The van der Waals surface area contributed by atoms with Gasteiger partial charge in [-0.2, -0.15) is 0 Å². The third-order valence-corrected chi connectivity index (χ3v) is 4.21. The molecular weight excluding hydrogens is 341 g/mol. The predicted molar refractivity (Wildman–Crippen MR) is 85.5 cm³/mol. The fourth-order valence-electron chi connectivity index (χ4n) is 2.72. The Hall–Kier alpha value is -0.0400. The lowest BCUT2D eigenvalue weighted by Gasteiger charge is -2.39. The van der Waals surface area contributed by atoms with Gasteiger partial charge in [-0.25, -0.2) is 0 Å². The number of likely N-dealkylation sites (tertiary alicyclic amines) is 1. The van der Waals surface area contributed by atoms with Crippen molar-refractivity contribution in [2.24, 2.45) is 16.6 Å². The number of nitrogens with zero attached hydrogens (tertiary/aromatic N) is 2. The molecule has 0 spiro atoms. The maximum Gasteiger partial charge on any atom is 0.191 e. The summed E-state index contributed by atoms with van der Waals surface area (Å²) in [6.07, 6.45) is 6.04. The number of aliphatic imine (C=N–C) groups is 1. The number of nitrogens with two attached hydrogens (primary N) is 1. The largest absolute Gasteiger partial charge is 0.376 e. The molecule has 5 heteroatoms. The van der Waals surface area contributed by atoms with Gasteiger partial charge in [0, 0.05) is 20.2 Å². The number of hydrogen-bond acceptors (Lipinski definition) is 2. The van der Waals surface area contributed by atoms with Gasteiger partial charge < -0.3 is 15.4 Å². The molecule has 1 atom stereocenters. The topological polar surface area (TPSA) is 50.9 Å². The van der Waals surface area contributed by atoms with Crippen LogP contribution in [0.3, 0.4) is 0 Å². The van der Waals surface area contributed by atoms with Crippen LogP contribution < -0.4 is 5.73 Å². The Bertz CT molecular complexity index is 286. The van der Waals surface area contributed by atoms with Crippen LogP contribution in [0.1, 0.15) is 39.0 Å². The highest BCUT2D eigenvalue weighted by atomic mass is 127. The standard InChI is InChI=1S/C13H25N3O.HI/c1-11-5-3-8-16(9-11)12(14)15-10-13(17-2)6-4-7-13;/h11H,3-10H2,1-2H3,(H2,14,15);1H. The minimum Gasteiger partial charge on any atom is -0.376 e. The van der Waals surface area contributed by atoms with E-state index in [0.29, 0.717) is 5.96 Å². The van der Waals surface area contributed by atoms with Crippen molar-refractivity contribution in [2.75, 3.05) is 26.7 Å². The first kappa shape index (κ1) is 16.0. The molecule has 1 unspecified atom stereocenters. The minimum atomic E-state index is -0.00791. The number of hydrogen-bond donors (Lipinski definition) is 1. The van der Waals surface area contributed by atoms with Crippen molar-refractivity contribution in [1.82, 2.24) is 4.90 Å². The van der Waals surface area contributed by atoms with Crippen LogP contribution in [-0.4, -0.2) is 43.2 Å². The summed E-state index contributed by atoms with van der Waals surface area (Å²) in [5, 5.41) is 0. The summed E-state index contributed by atoms with van der Waals surface area (Å²) in [4.78, 5) is 6.76. The van der Waals surface area contributed by atoms with Crippen molar-refractivity contribution in [3.05, 3.63) is 0 Å². The Balaban J connectivity index is 0.00000162. The Kier molecular flexibility index (Phi) is 6.17. The number of ether oxygens (including phenoxy) is 1. The zero-order valence-corrected chi connectivity index (χ0v) is 13.9. The van der Waals surface area contributed by atoms with Gasteiger partial charge in [0.05, 0.1) is 12.1 Å². The van der Waals surface area contributed by atoms with E-state index in [0.717, 1.165) is 38.4 Å². The van der Waals surface area contributed by atoms with E-state index in [1.54, 1.807) is 7.11 Å². The summed E-state index contributed by atoms with van der Waals surface area (Å²) in [6, 6.07) is 0. The van der Waals surface area contributed by atoms with Crippen molar-refractivity contribution >= 4 is 29.9 Å². The van der Waals surface area contributed by atoms with E-state index < -0.39 is 0 Å². The van der Waals surface area contributed by atoms with Gasteiger partial charge in [-0.15, -0.1) is 24.0 Å². The molecule has 18 heavy (non-hydrogen) atoms. The molecule has 1 aliphatic heterocycles. The lowest BCUT2D eigenvalue weighted by Crippen LogP contribution is -2.46. The van der Waals surface area contributed by atoms with E-state index in [2.05, 4.69) is 16.8 Å². The normalized spacial score (nSPS) is 27.3. The average molecular weight is 367 g/mol. The Morgan fingerprint density at radius 2 is 2.17 bits per heavy atom. The third-order valence-electron chi connectivity index (χ3n) is 4.21. The molecule has 0 aromatic carbocycles. The van der Waals surface area contributed by atoms with Crippen LogP contribution >= 0.6 is 24.0 Å². The Morgan fingerprint density at radius 1 is 1.44 bits per heavy atom. The van der Waals surface area contributed by atoms with E-state index in [4.69, 9.17) is 10.5 Å². The van der Waals surface area contributed by atoms with Gasteiger partial charge in [0.1, 0.15) is 0 Å². The summed E-state index contributed by atoms with van der Waals surface area (Å²) in [7, 11) is 1.79. The highest BCUT2D eigenvalue weighted by Gasteiger charge is 2.36. The highest BCUT2D eigenvalue weighted by molar-refractivity contribution is 14.0. The van der Waals surface area contributed by atoms with Crippen LogP contribution in [-0.2, 0) is 4.74 Å². The second-order valence-corrected chi connectivity index (χ2v) is 5.61. The molecule has 0 aromatic rings. The van der Waals surface area contributed by atoms with E-state index >= 15 is 0 Å². The average Bonchev–Trinajstić information content (AvgIpc) is 2.28. The second-order valence-electron chi connectivity index (χ2n) is 5.61. The predicted octanol–water partition coefficient (Wildman–Crippen LogP) is 2.22. The molecule has 2 fully saturated rings. The molecule has 1 heterocycles. The van der Waals surface area contributed by atoms with Crippen LogP contribution in [0.2, 0.25) is 0 Å². The van der Waals surface area contributed by atoms with Gasteiger partial charge in [0.25, 0.3) is 0 Å². The molecule has 1 saturated carbocycles. The summed E-state index contributed by atoms with van der Waals surface area (Å²) >= 11 is 0. The minimum absolute atomic E-state index is 0. The zero-order chi connectivity index (χ0) is 12.3. The zero-order valence-electron chi connectivity index (χ0n) is 11.5. The monoisotopic (exact) mass is 367 g/mol. The Morgan fingerprint density at radius 3 is 2.67 bits per heavy atom. The van der Waals surface area contributed by atoms with Crippen LogP contribution in [0.25, 0.3) is 0 Å². The van der Waals surface area contributed by atoms with E-state index in [9.17, 15) is 0 Å². The van der Waals surface area contributed by atoms with Crippen LogP contribution in [0, 0.1) is 5.92 Å². The molecule has 0 aromatic heterocycles. The first-order chi connectivity index (χ1) is 8.15. The van der Waals surface area contributed by atoms with Gasteiger partial charge in [0.15, 0.2) is 5.96 Å². The molecule has 0 amide bonds. The number of guanidine groups is 1. The first-order valence-electron chi connectivity index (χ1n) is 6.75. The molecule has 1 saturated heterocycles. The van der Waals surface area contributed by atoms with Crippen molar-refractivity contribution in [1.29, 1.82) is 0 Å². The van der Waals surface area contributed by atoms with E-state index in [-0.39, 0.29) is 29.6 Å². The molecule has 0 bridgehead atoms. The van der Waals surface area contributed by atoms with Crippen LogP contribution in [0.15, 0.2) is 4.99 Å². The molecule has 0 radical (unpaired) electrons. The maximum atomic E-state index is 6.07. The van der Waals surface area contributed by atoms with Gasteiger partial charge in [-0.1, -0.05) is 6.92 Å². The molecule has 4 nitrogen and oxygen atoms in total. The fraction of sp³-hybridized carbons (Fsp3) is 0.923. The number of methoxy groups -OCH3 is 1. The molecule has 2 rings (SSSR count). The van der Waals surface area contributed by atoms with Crippen molar-refractivity contribution in [3.63, 3.8) is 0 Å². The summed E-state index contributed by atoms with van der Waals surface area (Å²) in [5.74, 6) is 1.44. The molecule has 2 N–H and O–H groups in total. The van der Waals surface area contributed by atoms with Gasteiger partial charge in [-0.05, 0) is 38.0 Å². The first-order valence-corrected chi connectivity index (χ1v) is 6.75. The molecule has 1 aliphatic carbocycles. The summed E-state index contributed by atoms with van der Waals surface area (Å²) in [6.45, 7) is 5.11. The summed E-state index contributed by atoms with van der Waals surface area (Å²) < 4.78 is 5.55.